The van der Waals surface area contributed by atoms with Crippen LogP contribution >= 0.6 is 0 Å². The zero-order valence-corrected chi connectivity index (χ0v) is 15.6. The van der Waals surface area contributed by atoms with Crippen molar-refractivity contribution in [1.82, 2.24) is 10.3 Å². The zero-order valence-electron chi connectivity index (χ0n) is 15.6. The molecule has 138 valence electrons. The van der Waals surface area contributed by atoms with Crippen LogP contribution in [-0.2, 0) is 19.4 Å². The van der Waals surface area contributed by atoms with E-state index in [1.807, 2.05) is 24.3 Å². The van der Waals surface area contributed by atoms with Gasteiger partial charge < -0.3 is 10.1 Å². The van der Waals surface area contributed by atoms with Gasteiger partial charge in [0.15, 0.2) is 0 Å². The summed E-state index contributed by atoms with van der Waals surface area (Å²) in [7, 11) is 0. The van der Waals surface area contributed by atoms with Crippen molar-refractivity contribution < 1.29 is 4.74 Å². The molecule has 27 heavy (non-hydrogen) atoms. The van der Waals surface area contributed by atoms with Crippen molar-refractivity contribution in [3.8, 4) is 5.88 Å². The molecule has 3 heteroatoms. The summed E-state index contributed by atoms with van der Waals surface area (Å²) < 4.78 is 5.90. The summed E-state index contributed by atoms with van der Waals surface area (Å²) in [4.78, 5) is 4.78. The van der Waals surface area contributed by atoms with E-state index in [1.165, 1.54) is 29.7 Å². The highest BCUT2D eigenvalue weighted by Gasteiger charge is 2.21. The molecule has 1 aliphatic carbocycles. The summed E-state index contributed by atoms with van der Waals surface area (Å²) in [5.74, 6) is 0.725. The van der Waals surface area contributed by atoms with Gasteiger partial charge in [-0.3, -0.25) is 0 Å². The van der Waals surface area contributed by atoms with Crippen molar-refractivity contribution in [3.05, 3.63) is 95.2 Å². The van der Waals surface area contributed by atoms with Gasteiger partial charge in [-0.25, -0.2) is 4.98 Å². The SMILES string of the molecule is c1ccc(CCNC2CCCc3nc(OCc4ccccc4)ccc32)cc1. The second-order valence-corrected chi connectivity index (χ2v) is 7.09. The fraction of sp³-hybridized carbons (Fsp3) is 0.292. The average Bonchev–Trinajstić information content (AvgIpc) is 2.74. The van der Waals surface area contributed by atoms with E-state index in [1.54, 1.807) is 0 Å². The lowest BCUT2D eigenvalue weighted by Gasteiger charge is -2.26. The Kier molecular flexibility index (Phi) is 5.80. The Labute approximate surface area is 161 Å². The standard InChI is InChI=1S/C24H26N2O/c1-3-8-19(9-4-1)16-17-25-22-12-7-13-23-21(22)14-15-24(26-23)27-18-20-10-5-2-6-11-20/h1-6,8-11,14-15,22,25H,7,12-13,16-18H2. The van der Waals surface area contributed by atoms with Gasteiger partial charge in [0.1, 0.15) is 6.61 Å². The highest BCUT2D eigenvalue weighted by molar-refractivity contribution is 5.31. The van der Waals surface area contributed by atoms with Crippen LogP contribution < -0.4 is 10.1 Å². The molecule has 0 aliphatic heterocycles. The molecule has 0 saturated carbocycles. The monoisotopic (exact) mass is 358 g/mol. The zero-order chi connectivity index (χ0) is 18.3. The van der Waals surface area contributed by atoms with Crippen LogP contribution in [0, 0.1) is 0 Å². The number of nitrogens with one attached hydrogen (secondary N) is 1. The van der Waals surface area contributed by atoms with Gasteiger partial charge in [0, 0.05) is 17.8 Å². The van der Waals surface area contributed by atoms with E-state index in [0.29, 0.717) is 12.6 Å². The summed E-state index contributed by atoms with van der Waals surface area (Å²) in [5, 5.41) is 3.72. The van der Waals surface area contributed by atoms with Crippen LogP contribution in [0.15, 0.2) is 72.8 Å². The van der Waals surface area contributed by atoms with E-state index in [4.69, 9.17) is 9.72 Å². The summed E-state index contributed by atoms with van der Waals surface area (Å²) in [6.07, 6.45) is 4.44. The van der Waals surface area contributed by atoms with Crippen LogP contribution in [-0.4, -0.2) is 11.5 Å². The molecule has 0 bridgehead atoms. The molecular weight excluding hydrogens is 332 g/mol. The Bertz CT molecular complexity index is 849. The van der Waals surface area contributed by atoms with Crippen molar-refractivity contribution in [2.45, 2.75) is 38.3 Å². The van der Waals surface area contributed by atoms with Gasteiger partial charge in [0.05, 0.1) is 0 Å². The van der Waals surface area contributed by atoms with Crippen LogP contribution in [0.3, 0.4) is 0 Å². The van der Waals surface area contributed by atoms with Gasteiger partial charge in [0.25, 0.3) is 0 Å². The summed E-state index contributed by atoms with van der Waals surface area (Å²) >= 11 is 0. The lowest BCUT2D eigenvalue weighted by Crippen LogP contribution is -2.27. The average molecular weight is 358 g/mol. The molecular formula is C24H26N2O. The highest BCUT2D eigenvalue weighted by Crippen LogP contribution is 2.30. The predicted octanol–water partition coefficient (Wildman–Crippen LogP) is 4.87. The molecule has 1 heterocycles. The van der Waals surface area contributed by atoms with E-state index < -0.39 is 0 Å². The minimum absolute atomic E-state index is 0.396. The largest absolute Gasteiger partial charge is 0.473 e. The number of fused-ring (bicyclic) bond motifs is 1. The van der Waals surface area contributed by atoms with Gasteiger partial charge >= 0.3 is 0 Å². The molecule has 0 spiro atoms. The first-order chi connectivity index (χ1) is 13.4. The Balaban J connectivity index is 1.36. The lowest BCUT2D eigenvalue weighted by atomic mass is 9.91. The summed E-state index contributed by atoms with van der Waals surface area (Å²) in [6.45, 7) is 1.55. The second kappa shape index (κ2) is 8.83. The predicted molar refractivity (Wildman–Crippen MR) is 109 cm³/mol. The first-order valence-electron chi connectivity index (χ1n) is 9.82. The van der Waals surface area contributed by atoms with Crippen molar-refractivity contribution in [2.75, 3.05) is 6.54 Å². The second-order valence-electron chi connectivity index (χ2n) is 7.09. The van der Waals surface area contributed by atoms with E-state index in [2.05, 4.69) is 53.8 Å². The van der Waals surface area contributed by atoms with Gasteiger partial charge in [0.2, 0.25) is 5.88 Å². The van der Waals surface area contributed by atoms with E-state index in [-0.39, 0.29) is 0 Å². The number of pyridine rings is 1. The van der Waals surface area contributed by atoms with Gasteiger partial charge in [-0.1, -0.05) is 66.7 Å². The molecule has 0 radical (unpaired) electrons. The fourth-order valence-corrected chi connectivity index (χ4v) is 3.70. The van der Waals surface area contributed by atoms with Gasteiger partial charge in [-0.15, -0.1) is 0 Å². The molecule has 0 saturated heterocycles. The van der Waals surface area contributed by atoms with E-state index >= 15 is 0 Å². The number of aryl methyl sites for hydroxylation is 1. The quantitative estimate of drug-likeness (QED) is 0.654. The van der Waals surface area contributed by atoms with Gasteiger partial charge in [-0.2, -0.15) is 0 Å². The number of rotatable bonds is 7. The maximum absolute atomic E-state index is 5.90. The van der Waals surface area contributed by atoms with Crippen LogP contribution in [0.5, 0.6) is 5.88 Å². The number of nitrogens with zero attached hydrogens (tertiary/aromatic N) is 1. The van der Waals surface area contributed by atoms with Crippen molar-refractivity contribution >= 4 is 0 Å². The summed E-state index contributed by atoms with van der Waals surface area (Å²) in [6, 6.07) is 25.5. The van der Waals surface area contributed by atoms with Crippen LogP contribution in [0.2, 0.25) is 0 Å². The van der Waals surface area contributed by atoms with E-state index in [9.17, 15) is 0 Å². The Morgan fingerprint density at radius 1 is 0.889 bits per heavy atom. The third kappa shape index (κ3) is 4.75. The number of ether oxygens (including phenoxy) is 1. The molecule has 3 aromatic rings. The minimum Gasteiger partial charge on any atom is -0.473 e. The number of hydrogen-bond acceptors (Lipinski definition) is 3. The first kappa shape index (κ1) is 17.7. The van der Waals surface area contributed by atoms with Gasteiger partial charge in [-0.05, 0) is 48.9 Å². The molecule has 1 aliphatic rings. The maximum atomic E-state index is 5.90. The van der Waals surface area contributed by atoms with Crippen LogP contribution in [0.25, 0.3) is 0 Å². The molecule has 1 aromatic heterocycles. The van der Waals surface area contributed by atoms with Crippen molar-refractivity contribution in [1.29, 1.82) is 0 Å². The Hall–Kier alpha value is -2.65. The molecule has 0 fully saturated rings. The number of benzene rings is 2. The number of hydrogen-bond donors (Lipinski definition) is 1. The molecule has 3 nitrogen and oxygen atoms in total. The molecule has 0 amide bonds. The molecule has 2 aromatic carbocycles. The molecule has 1 unspecified atom stereocenters. The van der Waals surface area contributed by atoms with Crippen LogP contribution in [0.1, 0.15) is 41.3 Å². The smallest absolute Gasteiger partial charge is 0.213 e. The van der Waals surface area contributed by atoms with Crippen LogP contribution in [0.4, 0.5) is 0 Å². The summed E-state index contributed by atoms with van der Waals surface area (Å²) in [5.41, 5.74) is 5.06. The lowest BCUT2D eigenvalue weighted by molar-refractivity contribution is 0.291. The first-order valence-corrected chi connectivity index (χ1v) is 9.82. The minimum atomic E-state index is 0.396. The third-order valence-corrected chi connectivity index (χ3v) is 5.14. The molecule has 1 atom stereocenters. The topological polar surface area (TPSA) is 34.2 Å². The Morgan fingerprint density at radius 3 is 2.41 bits per heavy atom. The van der Waals surface area contributed by atoms with E-state index in [0.717, 1.165) is 30.8 Å². The molecule has 1 N–H and O–H groups in total. The fourth-order valence-electron chi connectivity index (χ4n) is 3.70. The highest BCUT2D eigenvalue weighted by atomic mass is 16.5. The van der Waals surface area contributed by atoms with Crippen molar-refractivity contribution in [2.24, 2.45) is 0 Å². The molecule has 4 rings (SSSR count). The third-order valence-electron chi connectivity index (χ3n) is 5.14. The maximum Gasteiger partial charge on any atom is 0.213 e. The number of aromatic nitrogens is 1. The van der Waals surface area contributed by atoms with Crippen molar-refractivity contribution in [3.63, 3.8) is 0 Å². The normalized spacial score (nSPS) is 15.9. The Morgan fingerprint density at radius 2 is 1.63 bits per heavy atom.